The number of rotatable bonds is 4. The van der Waals surface area contributed by atoms with Crippen LogP contribution in [0.5, 0.6) is 0 Å². The fraction of sp³-hybridized carbons (Fsp3) is 0.467. The summed E-state index contributed by atoms with van der Waals surface area (Å²) in [6.45, 7) is 1.14. The van der Waals surface area contributed by atoms with E-state index in [1.807, 2.05) is 6.07 Å². The fourth-order valence-electron chi connectivity index (χ4n) is 2.48. The number of ketones is 1. The first-order valence-electron chi connectivity index (χ1n) is 6.63. The second-order valence-electron chi connectivity index (χ2n) is 4.80. The third-order valence-electron chi connectivity index (χ3n) is 3.48. The predicted octanol–water partition coefficient (Wildman–Crippen LogP) is 1.90. The van der Waals surface area contributed by atoms with E-state index in [-0.39, 0.29) is 6.04 Å². The van der Waals surface area contributed by atoms with Gasteiger partial charge in [-0.1, -0.05) is 30.3 Å². The Morgan fingerprint density at radius 2 is 2.00 bits per heavy atom. The number of likely N-dealkylation sites (tertiary alicyclic amines) is 1. The summed E-state index contributed by atoms with van der Waals surface area (Å²) in [4.78, 5) is 26.1. The number of carbonyl (C=O) groups is 2. The number of hydrogen-bond acceptors (Lipinski definition) is 3. The highest BCUT2D eigenvalue weighted by Gasteiger charge is 2.30. The van der Waals surface area contributed by atoms with Crippen molar-refractivity contribution in [3.8, 4) is 0 Å². The standard InChI is InChI=1S/C15H19NO3/c1-19-11-13-9-5-6-10-16(13)15(18)14(17)12-7-3-2-4-8-12/h2-4,7-8,13H,5-6,9-11H2,1H3/t13-/m0/s1. The van der Waals surface area contributed by atoms with Crippen molar-refractivity contribution >= 4 is 11.7 Å². The Morgan fingerprint density at radius 1 is 1.26 bits per heavy atom. The Kier molecular flexibility index (Phi) is 4.68. The van der Waals surface area contributed by atoms with E-state index >= 15 is 0 Å². The lowest BCUT2D eigenvalue weighted by atomic mass is 10.0. The molecule has 1 aliphatic heterocycles. The van der Waals surface area contributed by atoms with Gasteiger partial charge in [0, 0.05) is 19.2 Å². The van der Waals surface area contributed by atoms with Crippen LogP contribution in [-0.4, -0.2) is 42.9 Å². The van der Waals surface area contributed by atoms with Gasteiger partial charge in [-0.2, -0.15) is 0 Å². The van der Waals surface area contributed by atoms with Gasteiger partial charge >= 0.3 is 0 Å². The zero-order chi connectivity index (χ0) is 13.7. The molecule has 1 aromatic carbocycles. The summed E-state index contributed by atoms with van der Waals surface area (Å²) in [7, 11) is 1.62. The molecule has 0 bridgehead atoms. The van der Waals surface area contributed by atoms with Crippen molar-refractivity contribution in [1.82, 2.24) is 4.90 Å². The van der Waals surface area contributed by atoms with Gasteiger partial charge in [0.15, 0.2) is 0 Å². The van der Waals surface area contributed by atoms with E-state index in [1.54, 1.807) is 36.3 Å². The summed E-state index contributed by atoms with van der Waals surface area (Å²) in [5.41, 5.74) is 0.453. The summed E-state index contributed by atoms with van der Waals surface area (Å²) in [6, 6.07) is 8.74. The van der Waals surface area contributed by atoms with Crippen LogP contribution in [0, 0.1) is 0 Å². The molecular weight excluding hydrogens is 242 g/mol. The summed E-state index contributed by atoms with van der Waals surface area (Å²) in [5.74, 6) is -0.837. The van der Waals surface area contributed by atoms with Crippen molar-refractivity contribution < 1.29 is 14.3 Å². The molecular formula is C15H19NO3. The highest BCUT2D eigenvalue weighted by molar-refractivity contribution is 6.42. The maximum Gasteiger partial charge on any atom is 0.295 e. The second-order valence-corrected chi connectivity index (χ2v) is 4.80. The molecule has 4 heteroatoms. The lowest BCUT2D eigenvalue weighted by Crippen LogP contribution is -2.48. The number of nitrogens with zero attached hydrogens (tertiary/aromatic N) is 1. The van der Waals surface area contributed by atoms with E-state index in [1.165, 1.54) is 0 Å². The molecule has 1 atom stereocenters. The van der Waals surface area contributed by atoms with E-state index in [0.717, 1.165) is 19.3 Å². The molecule has 0 aliphatic carbocycles. The molecule has 4 nitrogen and oxygen atoms in total. The molecule has 102 valence electrons. The molecule has 2 rings (SSSR count). The molecule has 1 saturated heterocycles. The van der Waals surface area contributed by atoms with Crippen LogP contribution in [0.2, 0.25) is 0 Å². The molecule has 0 N–H and O–H groups in total. The van der Waals surface area contributed by atoms with Gasteiger partial charge in [0.05, 0.1) is 12.6 Å². The lowest BCUT2D eigenvalue weighted by Gasteiger charge is -2.34. The number of hydrogen-bond donors (Lipinski definition) is 0. The number of methoxy groups -OCH3 is 1. The van der Waals surface area contributed by atoms with Crippen molar-refractivity contribution in [3.05, 3.63) is 35.9 Å². The largest absolute Gasteiger partial charge is 0.383 e. The van der Waals surface area contributed by atoms with Crippen LogP contribution >= 0.6 is 0 Å². The third-order valence-corrected chi connectivity index (χ3v) is 3.48. The van der Waals surface area contributed by atoms with E-state index in [4.69, 9.17) is 4.74 Å². The van der Waals surface area contributed by atoms with E-state index in [2.05, 4.69) is 0 Å². The molecule has 0 aromatic heterocycles. The van der Waals surface area contributed by atoms with Gasteiger partial charge in [-0.3, -0.25) is 9.59 Å². The van der Waals surface area contributed by atoms with Crippen LogP contribution in [0.15, 0.2) is 30.3 Å². The zero-order valence-corrected chi connectivity index (χ0v) is 11.2. The summed E-state index contributed by atoms with van der Waals surface area (Å²) < 4.78 is 5.14. The van der Waals surface area contributed by atoms with Crippen molar-refractivity contribution in [2.24, 2.45) is 0 Å². The molecule has 0 saturated carbocycles. The smallest absolute Gasteiger partial charge is 0.295 e. The first kappa shape index (κ1) is 13.7. The van der Waals surface area contributed by atoms with Crippen LogP contribution in [0.4, 0.5) is 0 Å². The van der Waals surface area contributed by atoms with E-state index < -0.39 is 11.7 Å². The maximum atomic E-state index is 12.3. The molecule has 0 unspecified atom stereocenters. The summed E-state index contributed by atoms with van der Waals surface area (Å²) in [5, 5.41) is 0. The summed E-state index contributed by atoms with van der Waals surface area (Å²) in [6.07, 6.45) is 2.94. The molecule has 1 aliphatic rings. The molecule has 19 heavy (non-hydrogen) atoms. The SMILES string of the molecule is COC[C@@H]1CCCCN1C(=O)C(=O)c1ccccc1. The minimum absolute atomic E-state index is 0.0268. The van der Waals surface area contributed by atoms with E-state index in [9.17, 15) is 9.59 Å². The van der Waals surface area contributed by atoms with Crippen molar-refractivity contribution in [2.45, 2.75) is 25.3 Å². The van der Waals surface area contributed by atoms with Gasteiger partial charge in [-0.25, -0.2) is 0 Å². The van der Waals surface area contributed by atoms with Gasteiger partial charge in [-0.15, -0.1) is 0 Å². The van der Waals surface area contributed by atoms with Gasteiger partial charge in [-0.05, 0) is 19.3 Å². The van der Waals surface area contributed by atoms with Gasteiger partial charge < -0.3 is 9.64 Å². The third kappa shape index (κ3) is 3.20. The molecule has 1 fully saturated rings. The van der Waals surface area contributed by atoms with Crippen LogP contribution in [0.1, 0.15) is 29.6 Å². The molecule has 0 spiro atoms. The minimum atomic E-state index is -0.427. The van der Waals surface area contributed by atoms with Crippen molar-refractivity contribution in [3.63, 3.8) is 0 Å². The minimum Gasteiger partial charge on any atom is -0.383 e. The second kappa shape index (κ2) is 6.48. The van der Waals surface area contributed by atoms with E-state index in [0.29, 0.717) is 18.7 Å². The lowest BCUT2D eigenvalue weighted by molar-refractivity contribution is -0.131. The summed E-state index contributed by atoms with van der Waals surface area (Å²) >= 11 is 0. The number of benzene rings is 1. The number of piperidine rings is 1. The van der Waals surface area contributed by atoms with Crippen LogP contribution in [0.25, 0.3) is 0 Å². The normalized spacial score (nSPS) is 19.2. The van der Waals surface area contributed by atoms with Crippen LogP contribution in [0.3, 0.4) is 0 Å². The Bertz CT molecular complexity index is 442. The molecule has 0 radical (unpaired) electrons. The Balaban J connectivity index is 2.11. The monoisotopic (exact) mass is 261 g/mol. The number of Topliss-reactive ketones (excluding diaryl/α,β-unsaturated/α-hetero) is 1. The highest BCUT2D eigenvalue weighted by Crippen LogP contribution is 2.18. The quantitative estimate of drug-likeness (QED) is 0.614. The fourth-order valence-corrected chi connectivity index (χ4v) is 2.48. The van der Waals surface area contributed by atoms with Crippen molar-refractivity contribution in [1.29, 1.82) is 0 Å². The average Bonchev–Trinajstić information content (AvgIpc) is 2.47. The Hall–Kier alpha value is -1.68. The number of carbonyl (C=O) groups excluding carboxylic acids is 2. The Labute approximate surface area is 113 Å². The van der Waals surface area contributed by atoms with Crippen molar-refractivity contribution in [2.75, 3.05) is 20.3 Å². The van der Waals surface area contributed by atoms with Gasteiger partial charge in [0.1, 0.15) is 0 Å². The topological polar surface area (TPSA) is 46.6 Å². The van der Waals surface area contributed by atoms with Gasteiger partial charge in [0.2, 0.25) is 5.78 Å². The molecule has 1 amide bonds. The predicted molar refractivity (Wildman–Crippen MR) is 72.0 cm³/mol. The van der Waals surface area contributed by atoms with Crippen LogP contribution in [-0.2, 0) is 9.53 Å². The zero-order valence-electron chi connectivity index (χ0n) is 11.2. The average molecular weight is 261 g/mol. The molecule has 1 heterocycles. The highest BCUT2D eigenvalue weighted by atomic mass is 16.5. The first-order valence-corrected chi connectivity index (χ1v) is 6.63. The van der Waals surface area contributed by atoms with Gasteiger partial charge in [0.25, 0.3) is 5.91 Å². The Morgan fingerprint density at radius 3 is 2.68 bits per heavy atom. The first-order chi connectivity index (χ1) is 9.24. The number of amides is 1. The van der Waals surface area contributed by atoms with Crippen LogP contribution < -0.4 is 0 Å². The molecule has 1 aromatic rings. The number of ether oxygens (including phenoxy) is 1. The maximum absolute atomic E-state index is 12.3.